The normalized spacial score (nSPS) is 14.2. The van der Waals surface area contributed by atoms with Crippen molar-refractivity contribution >= 4 is 17.6 Å². The molecule has 0 atom stereocenters. The third kappa shape index (κ3) is 4.48. The van der Waals surface area contributed by atoms with Crippen LogP contribution in [0.3, 0.4) is 0 Å². The number of hydrogen-bond donors (Lipinski definition) is 0. The molecular weight excluding hydrogens is 340 g/mol. The Morgan fingerprint density at radius 3 is 2.26 bits per heavy atom. The van der Waals surface area contributed by atoms with E-state index in [0.29, 0.717) is 18.7 Å². The van der Waals surface area contributed by atoms with Gasteiger partial charge in [-0.25, -0.2) is 4.79 Å². The Kier molecular flexibility index (Phi) is 5.79. The van der Waals surface area contributed by atoms with Gasteiger partial charge in [-0.1, -0.05) is 29.8 Å². The summed E-state index contributed by atoms with van der Waals surface area (Å²) in [4.78, 5) is 28.5. The quantitative estimate of drug-likeness (QED) is 0.780. The molecular formula is C22H26N2O3. The molecule has 0 bridgehead atoms. The number of piperazine rings is 1. The van der Waals surface area contributed by atoms with Crippen molar-refractivity contribution in [1.82, 2.24) is 4.90 Å². The molecule has 1 aliphatic rings. The molecule has 0 aliphatic carbocycles. The zero-order chi connectivity index (χ0) is 19.4. The van der Waals surface area contributed by atoms with Crippen LogP contribution < -0.4 is 4.90 Å². The molecule has 0 unspecified atom stereocenters. The van der Waals surface area contributed by atoms with E-state index in [9.17, 15) is 9.59 Å². The summed E-state index contributed by atoms with van der Waals surface area (Å²) in [6.07, 6.45) is 0. The molecule has 0 saturated carbocycles. The lowest BCUT2D eigenvalue weighted by Crippen LogP contribution is -2.50. The van der Waals surface area contributed by atoms with Crippen molar-refractivity contribution in [3.8, 4) is 0 Å². The van der Waals surface area contributed by atoms with E-state index < -0.39 is 5.97 Å². The van der Waals surface area contributed by atoms with Gasteiger partial charge in [0, 0.05) is 31.9 Å². The zero-order valence-corrected chi connectivity index (χ0v) is 16.2. The number of nitrogens with zero attached hydrogens (tertiary/aromatic N) is 2. The first-order chi connectivity index (χ1) is 13.0. The number of anilines is 1. The van der Waals surface area contributed by atoms with Crippen LogP contribution in [0.15, 0.2) is 42.5 Å². The number of aryl methyl sites for hydroxylation is 2. The molecule has 2 aromatic carbocycles. The maximum Gasteiger partial charge on any atom is 0.338 e. The first-order valence-electron chi connectivity index (χ1n) is 9.28. The molecule has 5 heteroatoms. The minimum atomic E-state index is -0.461. The lowest BCUT2D eigenvalue weighted by atomic mass is 10.1. The fraction of sp³-hybridized carbons (Fsp3) is 0.364. The van der Waals surface area contributed by atoms with Gasteiger partial charge < -0.3 is 14.5 Å². The first kappa shape index (κ1) is 19.0. The smallest absolute Gasteiger partial charge is 0.338 e. The van der Waals surface area contributed by atoms with Crippen molar-refractivity contribution < 1.29 is 14.3 Å². The molecule has 5 nitrogen and oxygen atoms in total. The van der Waals surface area contributed by atoms with Crippen LogP contribution >= 0.6 is 0 Å². The van der Waals surface area contributed by atoms with E-state index in [-0.39, 0.29) is 12.5 Å². The lowest BCUT2D eigenvalue weighted by molar-refractivity contribution is -0.134. The predicted molar refractivity (Wildman–Crippen MR) is 106 cm³/mol. The molecule has 1 fully saturated rings. The van der Waals surface area contributed by atoms with Crippen LogP contribution in [0.1, 0.15) is 27.0 Å². The predicted octanol–water partition coefficient (Wildman–Crippen LogP) is 3.12. The van der Waals surface area contributed by atoms with Crippen LogP contribution in [0.25, 0.3) is 0 Å². The van der Waals surface area contributed by atoms with Gasteiger partial charge in [0.05, 0.1) is 5.56 Å². The Morgan fingerprint density at radius 2 is 1.59 bits per heavy atom. The van der Waals surface area contributed by atoms with Crippen LogP contribution in [0.4, 0.5) is 5.69 Å². The molecule has 1 saturated heterocycles. The second-order valence-electron chi connectivity index (χ2n) is 7.03. The van der Waals surface area contributed by atoms with Crippen LogP contribution in [-0.4, -0.2) is 49.6 Å². The van der Waals surface area contributed by atoms with Crippen molar-refractivity contribution in [1.29, 1.82) is 0 Å². The number of ether oxygens (including phenoxy) is 1. The Balaban J connectivity index is 1.50. The van der Waals surface area contributed by atoms with E-state index >= 15 is 0 Å². The topological polar surface area (TPSA) is 49.9 Å². The van der Waals surface area contributed by atoms with Gasteiger partial charge in [-0.3, -0.25) is 4.79 Å². The minimum absolute atomic E-state index is 0.143. The van der Waals surface area contributed by atoms with E-state index in [1.54, 1.807) is 17.0 Å². The number of carbonyl (C=O) groups excluding carboxylic acids is 2. The number of esters is 1. The summed E-state index contributed by atoms with van der Waals surface area (Å²) in [5, 5.41) is 0. The summed E-state index contributed by atoms with van der Waals surface area (Å²) in [6.45, 7) is 8.81. The first-order valence-corrected chi connectivity index (χ1v) is 9.28. The number of rotatable bonds is 4. The van der Waals surface area contributed by atoms with E-state index in [1.807, 2.05) is 19.1 Å². The molecule has 0 radical (unpaired) electrons. The molecule has 0 aromatic heterocycles. The van der Waals surface area contributed by atoms with Gasteiger partial charge in [-0.15, -0.1) is 0 Å². The number of hydrogen-bond acceptors (Lipinski definition) is 4. The highest BCUT2D eigenvalue weighted by Crippen LogP contribution is 2.23. The van der Waals surface area contributed by atoms with Gasteiger partial charge in [0.1, 0.15) is 0 Å². The SMILES string of the molecule is Cc1ccc(C(=O)OCC(=O)N2CCN(c3cccc(C)c3C)CC2)cc1. The zero-order valence-electron chi connectivity index (χ0n) is 16.2. The van der Waals surface area contributed by atoms with Gasteiger partial charge in [0.2, 0.25) is 0 Å². The second-order valence-corrected chi connectivity index (χ2v) is 7.03. The Bertz CT molecular complexity index is 822. The fourth-order valence-corrected chi connectivity index (χ4v) is 3.27. The molecule has 1 aliphatic heterocycles. The summed E-state index contributed by atoms with van der Waals surface area (Å²) in [5.41, 5.74) is 5.32. The van der Waals surface area contributed by atoms with Crippen molar-refractivity contribution in [3.63, 3.8) is 0 Å². The third-order valence-electron chi connectivity index (χ3n) is 5.16. The van der Waals surface area contributed by atoms with Gasteiger partial charge in [0.15, 0.2) is 6.61 Å². The summed E-state index contributed by atoms with van der Waals surface area (Å²) < 4.78 is 5.19. The molecule has 0 N–H and O–H groups in total. The van der Waals surface area contributed by atoms with Crippen molar-refractivity contribution in [2.45, 2.75) is 20.8 Å². The van der Waals surface area contributed by atoms with E-state index in [2.05, 4.69) is 36.9 Å². The number of amides is 1. The summed E-state index contributed by atoms with van der Waals surface area (Å²) >= 11 is 0. The Morgan fingerprint density at radius 1 is 0.926 bits per heavy atom. The third-order valence-corrected chi connectivity index (χ3v) is 5.16. The van der Waals surface area contributed by atoms with Crippen molar-refractivity contribution in [3.05, 3.63) is 64.7 Å². The Labute approximate surface area is 160 Å². The van der Waals surface area contributed by atoms with Gasteiger partial charge in [-0.2, -0.15) is 0 Å². The Hall–Kier alpha value is -2.82. The number of carbonyl (C=O) groups is 2. The lowest BCUT2D eigenvalue weighted by Gasteiger charge is -2.37. The maximum atomic E-state index is 12.4. The molecule has 142 valence electrons. The average Bonchev–Trinajstić information content (AvgIpc) is 2.68. The number of benzene rings is 2. The van der Waals surface area contributed by atoms with Crippen LogP contribution in [0.2, 0.25) is 0 Å². The molecule has 1 amide bonds. The van der Waals surface area contributed by atoms with Gasteiger partial charge in [-0.05, 0) is 50.1 Å². The van der Waals surface area contributed by atoms with Crippen LogP contribution in [0.5, 0.6) is 0 Å². The largest absolute Gasteiger partial charge is 0.452 e. The molecule has 2 aromatic rings. The monoisotopic (exact) mass is 366 g/mol. The minimum Gasteiger partial charge on any atom is -0.452 e. The summed E-state index contributed by atoms with van der Waals surface area (Å²) in [6, 6.07) is 13.4. The van der Waals surface area contributed by atoms with E-state index in [1.165, 1.54) is 16.8 Å². The van der Waals surface area contributed by atoms with Crippen LogP contribution in [-0.2, 0) is 9.53 Å². The van der Waals surface area contributed by atoms with E-state index in [4.69, 9.17) is 4.74 Å². The molecule has 1 heterocycles. The van der Waals surface area contributed by atoms with Gasteiger partial charge >= 0.3 is 5.97 Å². The second kappa shape index (κ2) is 8.25. The van der Waals surface area contributed by atoms with Gasteiger partial charge in [0.25, 0.3) is 5.91 Å². The summed E-state index contributed by atoms with van der Waals surface area (Å²) in [7, 11) is 0. The molecule has 27 heavy (non-hydrogen) atoms. The summed E-state index contributed by atoms with van der Waals surface area (Å²) in [5.74, 6) is -0.603. The van der Waals surface area contributed by atoms with Crippen molar-refractivity contribution in [2.75, 3.05) is 37.7 Å². The average molecular weight is 366 g/mol. The van der Waals surface area contributed by atoms with Crippen molar-refractivity contribution in [2.24, 2.45) is 0 Å². The molecule has 0 spiro atoms. The standard InChI is InChI=1S/C22H26N2O3/c1-16-7-9-19(10-8-16)22(26)27-15-21(25)24-13-11-23(12-14-24)20-6-4-5-17(2)18(20)3/h4-10H,11-15H2,1-3H3. The highest BCUT2D eigenvalue weighted by atomic mass is 16.5. The van der Waals surface area contributed by atoms with Crippen LogP contribution in [0, 0.1) is 20.8 Å². The molecule has 3 rings (SSSR count). The van der Waals surface area contributed by atoms with E-state index in [0.717, 1.165) is 18.7 Å². The highest BCUT2D eigenvalue weighted by Gasteiger charge is 2.23. The fourth-order valence-electron chi connectivity index (χ4n) is 3.27. The highest BCUT2D eigenvalue weighted by molar-refractivity contribution is 5.91. The maximum absolute atomic E-state index is 12.4.